The topological polar surface area (TPSA) is 40.5 Å². The van der Waals surface area contributed by atoms with Crippen molar-refractivity contribution >= 4 is 37.4 Å². The predicted molar refractivity (Wildman–Crippen MR) is 64.2 cm³/mol. The molecule has 0 atom stereocenters. The summed E-state index contributed by atoms with van der Waals surface area (Å²) in [4.78, 5) is 0. The Hall–Kier alpha value is -0.358. The molecule has 2 N–H and O–H groups in total. The van der Waals surface area contributed by atoms with Crippen LogP contribution in [0.2, 0.25) is 24.7 Å². The van der Waals surface area contributed by atoms with Crippen molar-refractivity contribution in [2.75, 3.05) is 0 Å². The highest BCUT2D eigenvalue weighted by molar-refractivity contribution is 6.89. The Labute approximate surface area is 94.9 Å². The van der Waals surface area contributed by atoms with Gasteiger partial charge in [0.1, 0.15) is 5.82 Å². The van der Waals surface area contributed by atoms with E-state index in [2.05, 4.69) is 0 Å². The maximum Gasteiger partial charge on any atom is 0.491 e. The average Bonchev–Trinajstić information content (AvgIpc) is 2.06. The Morgan fingerprint density at radius 3 is 2.20 bits per heavy atom. The maximum atomic E-state index is 13.9. The molecular weight excluding hydrogens is 233 g/mol. The number of benzene rings is 1. The summed E-state index contributed by atoms with van der Waals surface area (Å²) in [5, 5.41) is 18.8. The first-order valence-electron chi connectivity index (χ1n) is 4.59. The van der Waals surface area contributed by atoms with E-state index in [1.54, 1.807) is 6.07 Å². The van der Waals surface area contributed by atoms with Gasteiger partial charge in [0.15, 0.2) is 0 Å². The van der Waals surface area contributed by atoms with Gasteiger partial charge in [0.25, 0.3) is 0 Å². The fraction of sp³-hybridized carbons (Fsp3) is 0.333. The fourth-order valence-corrected chi connectivity index (χ4v) is 3.05. The van der Waals surface area contributed by atoms with Crippen LogP contribution in [0, 0.1) is 5.82 Å². The van der Waals surface area contributed by atoms with Crippen LogP contribution in [0.3, 0.4) is 0 Å². The Bertz CT molecular complexity index is 379. The summed E-state index contributed by atoms with van der Waals surface area (Å²) in [5.74, 6) is -0.548. The molecule has 0 radical (unpaired) electrons. The van der Waals surface area contributed by atoms with E-state index in [1.165, 1.54) is 6.07 Å². The lowest BCUT2D eigenvalue weighted by Crippen LogP contribution is -2.46. The van der Waals surface area contributed by atoms with E-state index >= 15 is 0 Å². The minimum absolute atomic E-state index is 0.153. The average molecular weight is 247 g/mol. The van der Waals surface area contributed by atoms with Crippen molar-refractivity contribution in [1.29, 1.82) is 0 Å². The molecule has 1 aromatic rings. The van der Waals surface area contributed by atoms with Crippen LogP contribution in [0.1, 0.15) is 0 Å². The van der Waals surface area contributed by atoms with Gasteiger partial charge in [-0.05, 0) is 17.3 Å². The second kappa shape index (κ2) is 4.25. The second-order valence-electron chi connectivity index (χ2n) is 4.48. The standard InChI is InChI=1S/C9H13BClFO2Si/c1-15(2,3)8-5-6(11)4-7(9(8)12)10(13)14/h4-5,13-14H,1-3H3. The summed E-state index contributed by atoms with van der Waals surface area (Å²) in [5.41, 5.74) is -0.153. The van der Waals surface area contributed by atoms with E-state index in [0.29, 0.717) is 10.2 Å². The molecule has 6 heteroatoms. The van der Waals surface area contributed by atoms with Gasteiger partial charge in [0.2, 0.25) is 0 Å². The third-order valence-corrected chi connectivity index (χ3v) is 4.35. The maximum absolute atomic E-state index is 13.9. The third-order valence-electron chi connectivity index (χ3n) is 2.15. The third kappa shape index (κ3) is 2.81. The fourth-order valence-electron chi connectivity index (χ4n) is 1.34. The first kappa shape index (κ1) is 12.7. The van der Waals surface area contributed by atoms with E-state index in [0.717, 1.165) is 0 Å². The Morgan fingerprint density at radius 1 is 1.27 bits per heavy atom. The van der Waals surface area contributed by atoms with E-state index in [1.807, 2.05) is 19.6 Å². The van der Waals surface area contributed by atoms with Gasteiger partial charge >= 0.3 is 7.12 Å². The normalized spacial score (nSPS) is 11.7. The molecule has 0 aromatic heterocycles. The van der Waals surface area contributed by atoms with Crippen LogP contribution in [0.15, 0.2) is 12.1 Å². The van der Waals surface area contributed by atoms with Crippen LogP contribution in [-0.4, -0.2) is 25.2 Å². The molecule has 0 heterocycles. The minimum atomic E-state index is -1.87. The van der Waals surface area contributed by atoms with E-state index < -0.39 is 21.0 Å². The minimum Gasteiger partial charge on any atom is -0.423 e. The van der Waals surface area contributed by atoms with Crippen molar-refractivity contribution in [1.82, 2.24) is 0 Å². The Balaban J connectivity index is 3.42. The van der Waals surface area contributed by atoms with Gasteiger partial charge in [0, 0.05) is 10.5 Å². The summed E-state index contributed by atoms with van der Waals surface area (Å²) in [6.45, 7) is 5.90. The molecule has 0 fully saturated rings. The summed E-state index contributed by atoms with van der Waals surface area (Å²) in [7, 11) is -3.69. The molecule has 2 nitrogen and oxygen atoms in total. The predicted octanol–water partition coefficient (Wildman–Crippen LogP) is 0.704. The quantitative estimate of drug-likeness (QED) is 0.755. The summed E-state index contributed by atoms with van der Waals surface area (Å²) >= 11 is 5.81. The molecule has 1 rings (SSSR count). The van der Waals surface area contributed by atoms with Crippen molar-refractivity contribution in [3.63, 3.8) is 0 Å². The zero-order valence-corrected chi connectivity index (χ0v) is 10.6. The lowest BCUT2D eigenvalue weighted by Gasteiger charge is -2.19. The molecular formula is C9H13BClFO2Si. The summed E-state index contributed by atoms with van der Waals surface area (Å²) in [6, 6.07) is 2.81. The Kier molecular flexibility index (Phi) is 3.60. The van der Waals surface area contributed by atoms with Crippen LogP contribution in [0.25, 0.3) is 0 Å². The molecule has 0 saturated heterocycles. The van der Waals surface area contributed by atoms with Gasteiger partial charge < -0.3 is 10.0 Å². The Morgan fingerprint density at radius 2 is 1.80 bits per heavy atom. The van der Waals surface area contributed by atoms with Gasteiger partial charge in [-0.25, -0.2) is 4.39 Å². The molecule has 0 unspecified atom stereocenters. The van der Waals surface area contributed by atoms with E-state index in [4.69, 9.17) is 21.6 Å². The first-order valence-corrected chi connectivity index (χ1v) is 8.47. The zero-order valence-electron chi connectivity index (χ0n) is 8.88. The van der Waals surface area contributed by atoms with Crippen molar-refractivity contribution in [2.24, 2.45) is 0 Å². The molecule has 82 valence electrons. The van der Waals surface area contributed by atoms with Crippen LogP contribution in [0.4, 0.5) is 4.39 Å². The molecule has 1 aromatic carbocycles. The van der Waals surface area contributed by atoms with Crippen LogP contribution < -0.4 is 10.6 Å². The monoisotopic (exact) mass is 246 g/mol. The number of hydrogen-bond acceptors (Lipinski definition) is 2. The SMILES string of the molecule is C[Si](C)(C)c1cc(Cl)cc(B(O)O)c1F. The van der Waals surface area contributed by atoms with Gasteiger partial charge in [0.05, 0.1) is 8.07 Å². The number of hydrogen-bond donors (Lipinski definition) is 2. The van der Waals surface area contributed by atoms with Gasteiger partial charge in [-0.15, -0.1) is 0 Å². The lowest BCUT2D eigenvalue weighted by atomic mass is 9.80. The summed E-state index contributed by atoms with van der Waals surface area (Å²) in [6.07, 6.45) is 0. The largest absolute Gasteiger partial charge is 0.491 e. The highest BCUT2D eigenvalue weighted by Gasteiger charge is 2.27. The highest BCUT2D eigenvalue weighted by Crippen LogP contribution is 2.11. The second-order valence-corrected chi connectivity index (χ2v) is 9.96. The molecule has 0 aliphatic carbocycles. The van der Waals surface area contributed by atoms with Crippen LogP contribution in [-0.2, 0) is 0 Å². The summed E-state index contributed by atoms with van der Waals surface area (Å²) < 4.78 is 13.9. The number of rotatable bonds is 2. The van der Waals surface area contributed by atoms with Crippen LogP contribution >= 0.6 is 11.6 Å². The molecule has 0 spiro atoms. The molecule has 0 aliphatic heterocycles. The molecule has 0 saturated carbocycles. The van der Waals surface area contributed by atoms with Crippen molar-refractivity contribution in [3.05, 3.63) is 23.0 Å². The van der Waals surface area contributed by atoms with E-state index in [9.17, 15) is 4.39 Å². The molecule has 0 bridgehead atoms. The zero-order chi connectivity index (χ0) is 11.8. The highest BCUT2D eigenvalue weighted by atomic mass is 35.5. The smallest absolute Gasteiger partial charge is 0.423 e. The molecule has 0 amide bonds. The van der Waals surface area contributed by atoms with Gasteiger partial charge in [-0.1, -0.05) is 31.2 Å². The van der Waals surface area contributed by atoms with Crippen molar-refractivity contribution in [3.8, 4) is 0 Å². The van der Waals surface area contributed by atoms with Gasteiger partial charge in [-0.2, -0.15) is 0 Å². The van der Waals surface area contributed by atoms with Crippen molar-refractivity contribution < 1.29 is 14.4 Å². The first-order chi connectivity index (χ1) is 6.73. The lowest BCUT2D eigenvalue weighted by molar-refractivity contribution is 0.423. The molecule has 0 aliphatic rings. The molecule has 15 heavy (non-hydrogen) atoms. The van der Waals surface area contributed by atoms with E-state index in [-0.39, 0.29) is 5.46 Å². The van der Waals surface area contributed by atoms with Crippen LogP contribution in [0.5, 0.6) is 0 Å². The van der Waals surface area contributed by atoms with Crippen molar-refractivity contribution in [2.45, 2.75) is 19.6 Å². The number of halogens is 2. The van der Waals surface area contributed by atoms with Gasteiger partial charge in [-0.3, -0.25) is 0 Å².